The summed E-state index contributed by atoms with van der Waals surface area (Å²) in [6, 6.07) is 6.67. The number of nitrogens with one attached hydrogen (secondary N) is 2. The molecule has 0 bridgehead atoms. The number of aliphatic carboxylic acids is 1. The third-order valence-corrected chi connectivity index (χ3v) is 6.35. The molecule has 0 aliphatic heterocycles. The molecule has 0 unspecified atom stereocenters. The summed E-state index contributed by atoms with van der Waals surface area (Å²) in [5, 5.41) is 15.6. The highest BCUT2D eigenvalue weighted by atomic mass is 35.5. The Kier molecular flexibility index (Phi) is 9.78. The fourth-order valence-electron chi connectivity index (χ4n) is 3.85. The van der Waals surface area contributed by atoms with Gasteiger partial charge in [-0.25, -0.2) is 0 Å². The molecule has 2 rings (SSSR count). The molecule has 8 heteroatoms. The van der Waals surface area contributed by atoms with Crippen molar-refractivity contribution < 1.29 is 19.5 Å². The predicted molar refractivity (Wildman–Crippen MR) is 121 cm³/mol. The van der Waals surface area contributed by atoms with Crippen LogP contribution >= 0.6 is 11.6 Å². The van der Waals surface area contributed by atoms with Crippen LogP contribution in [-0.4, -0.2) is 42.0 Å². The van der Waals surface area contributed by atoms with Gasteiger partial charge in [0, 0.05) is 30.5 Å². The third kappa shape index (κ3) is 8.15. The molecule has 1 aliphatic rings. The van der Waals surface area contributed by atoms with E-state index >= 15 is 0 Å². The second kappa shape index (κ2) is 12.1. The highest BCUT2D eigenvalue weighted by molar-refractivity contribution is 6.30. The van der Waals surface area contributed by atoms with Crippen molar-refractivity contribution >= 4 is 29.4 Å². The molecule has 2 amide bonds. The molecule has 5 N–H and O–H groups in total. The summed E-state index contributed by atoms with van der Waals surface area (Å²) in [5.41, 5.74) is 6.84. The standard InChI is InChI=1S/C23H34ClN3O4/c1-14(2)21(25)22(29)27-13-18(16-7-9-19(24)10-8-16)11-20(28)26-12-15-3-5-17(6-4-15)23(30)31/h7-10,14-15,17-18,21H,3-6,11-13,25H2,1-2H3,(H,26,28)(H,27,29)(H,30,31)/t15?,17?,18-,21-/m0/s1. The van der Waals surface area contributed by atoms with E-state index in [0.717, 1.165) is 18.4 Å². The second-order valence-corrected chi connectivity index (χ2v) is 9.26. The van der Waals surface area contributed by atoms with E-state index in [0.29, 0.717) is 36.9 Å². The van der Waals surface area contributed by atoms with Crippen molar-refractivity contribution in [1.82, 2.24) is 10.6 Å². The van der Waals surface area contributed by atoms with Crippen molar-refractivity contribution in [3.63, 3.8) is 0 Å². The number of nitrogens with two attached hydrogens (primary N) is 1. The highest BCUT2D eigenvalue weighted by Crippen LogP contribution is 2.28. The van der Waals surface area contributed by atoms with E-state index in [4.69, 9.17) is 22.4 Å². The maximum Gasteiger partial charge on any atom is 0.306 e. The summed E-state index contributed by atoms with van der Waals surface area (Å²) >= 11 is 5.99. The Hall–Kier alpha value is -2.12. The van der Waals surface area contributed by atoms with E-state index in [-0.39, 0.29) is 36.0 Å². The van der Waals surface area contributed by atoms with Crippen LogP contribution in [0.2, 0.25) is 5.02 Å². The predicted octanol–water partition coefficient (Wildman–Crippen LogP) is 2.92. The maximum absolute atomic E-state index is 12.6. The van der Waals surface area contributed by atoms with Gasteiger partial charge in [-0.3, -0.25) is 14.4 Å². The summed E-state index contributed by atoms with van der Waals surface area (Å²) in [5.74, 6) is -1.20. The Labute approximate surface area is 189 Å². The topological polar surface area (TPSA) is 122 Å². The molecule has 0 saturated heterocycles. The van der Waals surface area contributed by atoms with E-state index in [9.17, 15) is 14.4 Å². The lowest BCUT2D eigenvalue weighted by atomic mass is 9.82. The molecule has 0 heterocycles. The Morgan fingerprint density at radius 2 is 1.71 bits per heavy atom. The van der Waals surface area contributed by atoms with Gasteiger partial charge in [-0.15, -0.1) is 0 Å². The van der Waals surface area contributed by atoms with Gasteiger partial charge in [0.2, 0.25) is 11.8 Å². The smallest absolute Gasteiger partial charge is 0.306 e. The summed E-state index contributed by atoms with van der Waals surface area (Å²) < 4.78 is 0. The molecular formula is C23H34ClN3O4. The minimum atomic E-state index is -0.729. The Bertz CT molecular complexity index is 746. The molecule has 31 heavy (non-hydrogen) atoms. The lowest BCUT2D eigenvalue weighted by molar-refractivity contribution is -0.143. The minimum Gasteiger partial charge on any atom is -0.481 e. The molecule has 0 radical (unpaired) electrons. The number of hydrogen-bond acceptors (Lipinski definition) is 4. The van der Waals surface area contributed by atoms with Crippen LogP contribution in [0.5, 0.6) is 0 Å². The molecule has 1 fully saturated rings. The van der Waals surface area contributed by atoms with Gasteiger partial charge in [0.15, 0.2) is 0 Å². The van der Waals surface area contributed by atoms with Gasteiger partial charge >= 0.3 is 5.97 Å². The number of carboxylic acid groups (broad SMARTS) is 1. The molecule has 172 valence electrons. The van der Waals surface area contributed by atoms with Crippen LogP contribution in [0, 0.1) is 17.8 Å². The molecule has 7 nitrogen and oxygen atoms in total. The molecule has 0 aromatic heterocycles. The highest BCUT2D eigenvalue weighted by Gasteiger charge is 2.26. The first-order valence-corrected chi connectivity index (χ1v) is 11.3. The summed E-state index contributed by atoms with van der Waals surface area (Å²) in [6.07, 6.45) is 3.15. The lowest BCUT2D eigenvalue weighted by Crippen LogP contribution is -2.45. The number of carbonyl (C=O) groups is 3. The van der Waals surface area contributed by atoms with Crippen molar-refractivity contribution in [2.45, 2.75) is 57.9 Å². The Morgan fingerprint density at radius 3 is 2.26 bits per heavy atom. The minimum absolute atomic E-state index is 0.0218. The zero-order valence-corrected chi connectivity index (χ0v) is 19.0. The van der Waals surface area contributed by atoms with E-state index < -0.39 is 12.0 Å². The molecule has 0 spiro atoms. The summed E-state index contributed by atoms with van der Waals surface area (Å²) in [6.45, 7) is 4.62. The fraction of sp³-hybridized carbons (Fsp3) is 0.609. The molecule has 1 saturated carbocycles. The Morgan fingerprint density at radius 1 is 1.10 bits per heavy atom. The van der Waals surface area contributed by atoms with Crippen LogP contribution in [-0.2, 0) is 14.4 Å². The van der Waals surface area contributed by atoms with Gasteiger partial charge in [0.25, 0.3) is 0 Å². The van der Waals surface area contributed by atoms with E-state index in [1.165, 1.54) is 0 Å². The first-order chi connectivity index (χ1) is 14.7. The van der Waals surface area contributed by atoms with Crippen LogP contribution in [0.4, 0.5) is 0 Å². The normalized spacial score (nSPS) is 20.7. The average molecular weight is 452 g/mol. The number of rotatable bonds is 10. The maximum atomic E-state index is 12.6. The lowest BCUT2D eigenvalue weighted by Gasteiger charge is -2.26. The first-order valence-electron chi connectivity index (χ1n) is 11.0. The average Bonchev–Trinajstić information content (AvgIpc) is 2.75. The zero-order chi connectivity index (χ0) is 23.0. The number of carboxylic acids is 1. The number of carbonyl (C=O) groups excluding carboxylic acids is 2. The molecule has 1 aliphatic carbocycles. The van der Waals surface area contributed by atoms with Crippen molar-refractivity contribution in [2.24, 2.45) is 23.5 Å². The van der Waals surface area contributed by atoms with Crippen LogP contribution in [0.25, 0.3) is 0 Å². The molecule has 1 aromatic carbocycles. The third-order valence-electron chi connectivity index (χ3n) is 6.10. The zero-order valence-electron chi connectivity index (χ0n) is 18.3. The summed E-state index contributed by atoms with van der Waals surface area (Å²) in [7, 11) is 0. The van der Waals surface area contributed by atoms with E-state index in [1.807, 2.05) is 26.0 Å². The number of benzene rings is 1. The van der Waals surface area contributed by atoms with Gasteiger partial charge in [0.1, 0.15) is 0 Å². The number of amides is 2. The quantitative estimate of drug-likeness (QED) is 0.435. The van der Waals surface area contributed by atoms with Crippen LogP contribution in [0.3, 0.4) is 0 Å². The van der Waals surface area contributed by atoms with Gasteiger partial charge in [0.05, 0.1) is 12.0 Å². The van der Waals surface area contributed by atoms with Crippen molar-refractivity contribution in [1.29, 1.82) is 0 Å². The monoisotopic (exact) mass is 451 g/mol. The molecule has 2 atom stereocenters. The molecule has 1 aromatic rings. The van der Waals surface area contributed by atoms with Crippen molar-refractivity contribution in [3.05, 3.63) is 34.9 Å². The van der Waals surface area contributed by atoms with Crippen LogP contribution in [0.15, 0.2) is 24.3 Å². The van der Waals surface area contributed by atoms with E-state index in [2.05, 4.69) is 10.6 Å². The van der Waals surface area contributed by atoms with Crippen LogP contribution in [0.1, 0.15) is 57.4 Å². The van der Waals surface area contributed by atoms with Crippen LogP contribution < -0.4 is 16.4 Å². The van der Waals surface area contributed by atoms with Gasteiger partial charge in [-0.1, -0.05) is 37.6 Å². The number of hydrogen-bond donors (Lipinski definition) is 4. The summed E-state index contributed by atoms with van der Waals surface area (Å²) in [4.78, 5) is 36.0. The van der Waals surface area contributed by atoms with E-state index in [1.54, 1.807) is 12.1 Å². The number of halogens is 1. The molecular weight excluding hydrogens is 418 g/mol. The van der Waals surface area contributed by atoms with Crippen molar-refractivity contribution in [3.8, 4) is 0 Å². The van der Waals surface area contributed by atoms with Crippen molar-refractivity contribution in [2.75, 3.05) is 13.1 Å². The second-order valence-electron chi connectivity index (χ2n) is 8.83. The fourth-order valence-corrected chi connectivity index (χ4v) is 3.98. The van der Waals surface area contributed by atoms with Gasteiger partial charge in [-0.2, -0.15) is 0 Å². The SMILES string of the molecule is CC(C)[C@H](N)C(=O)NC[C@H](CC(=O)NCC1CCC(C(=O)O)CC1)c1ccc(Cl)cc1. The first kappa shape index (κ1) is 25.1. The van der Waals surface area contributed by atoms with Gasteiger partial charge < -0.3 is 21.5 Å². The Balaban J connectivity index is 1.90. The largest absolute Gasteiger partial charge is 0.481 e. The van der Waals surface area contributed by atoms with Gasteiger partial charge in [-0.05, 0) is 55.2 Å².